The number of carbonyl (C=O) groups is 2. The quantitative estimate of drug-likeness (QED) is 0.379. The van der Waals surface area contributed by atoms with Crippen molar-refractivity contribution in [2.45, 2.75) is 50.9 Å². The lowest BCUT2D eigenvalue weighted by Crippen LogP contribution is -2.40. The van der Waals surface area contributed by atoms with E-state index in [1.54, 1.807) is 6.07 Å². The highest BCUT2D eigenvalue weighted by atomic mass is 19.4. The number of hydrogen-bond acceptors (Lipinski definition) is 6. The zero-order chi connectivity index (χ0) is 25.9. The number of pyridine rings is 1. The Morgan fingerprint density at radius 2 is 1.75 bits per heavy atom. The molecule has 36 heavy (non-hydrogen) atoms. The number of ether oxygens (including phenoxy) is 1. The van der Waals surface area contributed by atoms with Crippen LogP contribution in [0.25, 0.3) is 10.9 Å². The average molecular weight is 496 g/mol. The Balaban J connectivity index is 1.38. The molecule has 4 rings (SSSR count). The van der Waals surface area contributed by atoms with Crippen LogP contribution in [-0.4, -0.2) is 35.1 Å². The van der Waals surface area contributed by atoms with Gasteiger partial charge in [-0.15, -0.1) is 0 Å². The van der Waals surface area contributed by atoms with Gasteiger partial charge in [0.1, 0.15) is 11.6 Å². The molecule has 0 saturated heterocycles. The van der Waals surface area contributed by atoms with Crippen LogP contribution in [0.15, 0.2) is 48.5 Å². The Bertz CT molecular complexity index is 1340. The maximum atomic E-state index is 12.8. The lowest BCUT2D eigenvalue weighted by molar-refractivity contribution is -0.189. The van der Waals surface area contributed by atoms with Crippen molar-refractivity contribution >= 4 is 28.6 Å². The number of nitrogens with zero attached hydrogens (tertiary/aromatic N) is 2. The minimum absolute atomic E-state index is 0.0411. The molecule has 1 amide bonds. The first-order valence-corrected chi connectivity index (χ1v) is 11.4. The molecule has 2 N–H and O–H groups in total. The second-order valence-electron chi connectivity index (χ2n) is 8.72. The summed E-state index contributed by atoms with van der Waals surface area (Å²) in [5.74, 6) is -2.96. The minimum atomic E-state index is -5.24. The van der Waals surface area contributed by atoms with Crippen LogP contribution in [0.1, 0.15) is 47.2 Å². The Labute approximate surface area is 205 Å². The van der Waals surface area contributed by atoms with Crippen molar-refractivity contribution in [2.75, 3.05) is 5.32 Å². The van der Waals surface area contributed by atoms with Crippen LogP contribution in [0.2, 0.25) is 0 Å². The smallest absolute Gasteiger partial charge is 0.419 e. The third-order valence-electron chi connectivity index (χ3n) is 6.13. The van der Waals surface area contributed by atoms with Crippen LogP contribution in [0.4, 0.5) is 19.0 Å². The van der Waals surface area contributed by atoms with Crippen molar-refractivity contribution in [3.05, 3.63) is 65.2 Å². The first-order valence-electron chi connectivity index (χ1n) is 11.4. The number of benzene rings is 2. The molecule has 7 nitrogen and oxygen atoms in total. The third kappa shape index (κ3) is 5.74. The summed E-state index contributed by atoms with van der Waals surface area (Å²) in [5, 5.41) is 16.4. The van der Waals surface area contributed by atoms with E-state index in [0.29, 0.717) is 12.8 Å². The fraction of sp³-hybridized carbons (Fsp3) is 0.308. The molecule has 3 aromatic rings. The number of anilines is 1. The number of rotatable bonds is 5. The van der Waals surface area contributed by atoms with Gasteiger partial charge in [-0.1, -0.05) is 18.2 Å². The Morgan fingerprint density at radius 3 is 2.44 bits per heavy atom. The van der Waals surface area contributed by atoms with E-state index in [1.807, 2.05) is 37.3 Å². The topological polar surface area (TPSA) is 104 Å². The van der Waals surface area contributed by atoms with Crippen molar-refractivity contribution in [1.82, 2.24) is 10.3 Å². The number of para-hydroxylation sites is 1. The van der Waals surface area contributed by atoms with E-state index in [-0.39, 0.29) is 23.2 Å². The van der Waals surface area contributed by atoms with E-state index in [4.69, 9.17) is 5.26 Å². The monoisotopic (exact) mass is 496 g/mol. The van der Waals surface area contributed by atoms with Crippen LogP contribution < -0.4 is 15.4 Å². The van der Waals surface area contributed by atoms with E-state index in [2.05, 4.69) is 20.4 Å². The zero-order valence-electron chi connectivity index (χ0n) is 19.4. The number of hydrogen-bond donors (Lipinski definition) is 2. The summed E-state index contributed by atoms with van der Waals surface area (Å²) >= 11 is 0. The largest absolute Gasteiger partial charge is 0.491 e. The van der Waals surface area contributed by atoms with Crippen LogP contribution in [0.3, 0.4) is 0 Å². The van der Waals surface area contributed by atoms with Gasteiger partial charge in [0.2, 0.25) is 0 Å². The third-order valence-corrected chi connectivity index (χ3v) is 6.13. The first kappa shape index (κ1) is 25.0. The minimum Gasteiger partial charge on any atom is -0.419 e. The zero-order valence-corrected chi connectivity index (χ0v) is 19.4. The van der Waals surface area contributed by atoms with Gasteiger partial charge in [0, 0.05) is 17.5 Å². The number of nitrogens with one attached hydrogen (secondary N) is 2. The summed E-state index contributed by atoms with van der Waals surface area (Å²) < 4.78 is 42.4. The van der Waals surface area contributed by atoms with E-state index >= 15 is 0 Å². The van der Waals surface area contributed by atoms with Gasteiger partial charge in [-0.25, -0.2) is 9.78 Å². The van der Waals surface area contributed by atoms with Crippen molar-refractivity contribution in [2.24, 2.45) is 0 Å². The number of amides is 1. The predicted octanol–water partition coefficient (Wildman–Crippen LogP) is 5.04. The summed E-state index contributed by atoms with van der Waals surface area (Å²) in [4.78, 5) is 28.8. The second-order valence-corrected chi connectivity index (χ2v) is 8.72. The normalized spacial score (nSPS) is 17.8. The second kappa shape index (κ2) is 10.2. The molecule has 1 saturated carbocycles. The molecule has 1 heterocycles. The fourth-order valence-electron chi connectivity index (χ4n) is 4.30. The highest BCUT2D eigenvalue weighted by Gasteiger charge is 2.42. The molecule has 2 aromatic carbocycles. The molecule has 0 unspecified atom stereocenters. The van der Waals surface area contributed by atoms with Crippen molar-refractivity contribution in [3.8, 4) is 11.8 Å². The average Bonchev–Trinajstić information content (AvgIpc) is 2.84. The highest BCUT2D eigenvalue weighted by Crippen LogP contribution is 2.27. The molecular weight excluding hydrogens is 473 g/mol. The standard InChI is InChI=1S/C26H23F3N4O3/c1-15-12-23(33-21-5-3-2-4-19(15)21)31-17-7-9-18(10-8-17)32-24(34)20-11-6-16(14-30)13-22(20)36-25(35)26(27,28)29/h2-6,11-13,17-18H,7-10H2,1H3,(H,31,33)(H,32,34). The lowest BCUT2D eigenvalue weighted by Gasteiger charge is -2.30. The maximum absolute atomic E-state index is 12.8. The summed E-state index contributed by atoms with van der Waals surface area (Å²) in [7, 11) is 0. The van der Waals surface area contributed by atoms with Crippen LogP contribution in [-0.2, 0) is 4.79 Å². The number of fused-ring (bicyclic) bond motifs is 1. The van der Waals surface area contributed by atoms with Gasteiger partial charge in [-0.05, 0) is 68.5 Å². The summed E-state index contributed by atoms with van der Waals surface area (Å²) in [6.07, 6.45) is -2.45. The molecule has 1 fully saturated rings. The number of carbonyl (C=O) groups excluding carboxylic acids is 2. The van der Waals surface area contributed by atoms with Crippen LogP contribution >= 0.6 is 0 Å². The van der Waals surface area contributed by atoms with Crippen LogP contribution in [0, 0.1) is 18.3 Å². The highest BCUT2D eigenvalue weighted by molar-refractivity contribution is 5.98. The van der Waals surface area contributed by atoms with Gasteiger partial charge >= 0.3 is 12.1 Å². The molecule has 1 aliphatic rings. The van der Waals surface area contributed by atoms with Gasteiger partial charge in [-0.3, -0.25) is 4.79 Å². The molecule has 0 radical (unpaired) electrons. The molecule has 186 valence electrons. The molecular formula is C26H23F3N4O3. The molecule has 0 bridgehead atoms. The molecule has 0 atom stereocenters. The Morgan fingerprint density at radius 1 is 1.06 bits per heavy atom. The number of aromatic nitrogens is 1. The van der Waals surface area contributed by atoms with Gasteiger partial charge in [0.25, 0.3) is 5.91 Å². The van der Waals surface area contributed by atoms with Gasteiger partial charge < -0.3 is 15.4 Å². The maximum Gasteiger partial charge on any atom is 0.491 e. The molecule has 10 heteroatoms. The van der Waals surface area contributed by atoms with E-state index < -0.39 is 23.8 Å². The van der Waals surface area contributed by atoms with Crippen LogP contribution in [0.5, 0.6) is 5.75 Å². The number of esters is 1. The van der Waals surface area contributed by atoms with E-state index in [9.17, 15) is 22.8 Å². The number of aryl methyl sites for hydroxylation is 1. The first-order chi connectivity index (χ1) is 17.1. The molecule has 1 aliphatic carbocycles. The van der Waals surface area contributed by atoms with Crippen molar-refractivity contribution in [3.63, 3.8) is 0 Å². The summed E-state index contributed by atoms with van der Waals surface area (Å²) in [6.45, 7) is 2.03. The van der Waals surface area contributed by atoms with Gasteiger partial charge in [0.05, 0.1) is 22.7 Å². The SMILES string of the molecule is Cc1cc(NC2CCC(NC(=O)c3ccc(C#N)cc3OC(=O)C(F)(F)F)CC2)nc2ccccc12. The van der Waals surface area contributed by atoms with Gasteiger partial charge in [0.15, 0.2) is 0 Å². The Hall–Kier alpha value is -4.13. The van der Waals surface area contributed by atoms with Crippen molar-refractivity contribution in [1.29, 1.82) is 5.26 Å². The number of nitriles is 1. The predicted molar refractivity (Wildman–Crippen MR) is 126 cm³/mol. The summed E-state index contributed by atoms with van der Waals surface area (Å²) in [6, 6.07) is 15.0. The van der Waals surface area contributed by atoms with E-state index in [0.717, 1.165) is 41.2 Å². The molecule has 1 aromatic heterocycles. The summed E-state index contributed by atoms with van der Waals surface area (Å²) in [5.41, 5.74) is 1.74. The molecule has 0 aliphatic heterocycles. The van der Waals surface area contributed by atoms with Gasteiger partial charge in [-0.2, -0.15) is 18.4 Å². The van der Waals surface area contributed by atoms with E-state index in [1.165, 1.54) is 12.1 Å². The number of halogens is 3. The fourth-order valence-corrected chi connectivity index (χ4v) is 4.30. The molecule has 0 spiro atoms. The Kier molecular flexibility index (Phi) is 7.10. The lowest BCUT2D eigenvalue weighted by atomic mass is 9.91. The van der Waals surface area contributed by atoms with Crippen molar-refractivity contribution < 1.29 is 27.5 Å². The number of alkyl halides is 3.